The van der Waals surface area contributed by atoms with Gasteiger partial charge in [-0.3, -0.25) is 0 Å². The molecule has 5 N–H and O–H groups in total. The summed E-state index contributed by atoms with van der Waals surface area (Å²) >= 11 is 0. The Bertz CT molecular complexity index is 486. The molecule has 8 heteroatoms. The van der Waals surface area contributed by atoms with Crippen LogP contribution in [0.5, 0.6) is 0 Å². The quantitative estimate of drug-likeness (QED) is 0.445. The van der Waals surface area contributed by atoms with Crippen molar-refractivity contribution in [3.8, 4) is 0 Å². The normalized spacial score (nSPS) is 37.8. The molecule has 138 valence electrons. The Kier molecular flexibility index (Phi) is 6.00. The van der Waals surface area contributed by atoms with Crippen LogP contribution in [-0.4, -0.2) is 74.4 Å². The van der Waals surface area contributed by atoms with Gasteiger partial charge in [-0.2, -0.15) is 0 Å². The van der Waals surface area contributed by atoms with E-state index in [1.54, 1.807) is 19.9 Å². The summed E-state index contributed by atoms with van der Waals surface area (Å²) in [6.07, 6.45) is -3.33. The minimum Gasteiger partial charge on any atom is -0.478 e. The zero-order chi connectivity index (χ0) is 18.1. The molecule has 0 saturated carbocycles. The van der Waals surface area contributed by atoms with E-state index in [0.717, 1.165) is 0 Å². The van der Waals surface area contributed by atoms with E-state index in [9.17, 15) is 25.2 Å². The fourth-order valence-corrected chi connectivity index (χ4v) is 3.22. The average molecular weight is 346 g/mol. The van der Waals surface area contributed by atoms with Crippen LogP contribution in [-0.2, 0) is 14.3 Å². The van der Waals surface area contributed by atoms with Gasteiger partial charge < -0.3 is 35.0 Å². The van der Waals surface area contributed by atoms with Crippen LogP contribution in [0.25, 0.3) is 0 Å². The van der Waals surface area contributed by atoms with Crippen LogP contribution in [0.15, 0.2) is 11.6 Å². The lowest BCUT2D eigenvalue weighted by molar-refractivity contribution is -0.328. The molecule has 1 heterocycles. The molecule has 0 aromatic rings. The Labute approximate surface area is 140 Å². The van der Waals surface area contributed by atoms with Gasteiger partial charge in [-0.25, -0.2) is 4.79 Å². The Morgan fingerprint density at radius 1 is 1.29 bits per heavy atom. The van der Waals surface area contributed by atoms with Crippen LogP contribution in [0, 0.1) is 5.92 Å². The van der Waals surface area contributed by atoms with Gasteiger partial charge in [-0.15, -0.1) is 0 Å². The van der Waals surface area contributed by atoms with Crippen molar-refractivity contribution < 1.29 is 39.8 Å². The molecule has 0 spiro atoms. The molecule has 0 aromatic carbocycles. The number of hydrogen-bond donors (Lipinski definition) is 5. The van der Waals surface area contributed by atoms with Crippen molar-refractivity contribution >= 4 is 5.97 Å². The smallest absolute Gasteiger partial charge is 0.331 e. The van der Waals surface area contributed by atoms with E-state index < -0.39 is 48.9 Å². The van der Waals surface area contributed by atoms with Crippen LogP contribution in [0.4, 0.5) is 0 Å². The van der Waals surface area contributed by atoms with Crippen molar-refractivity contribution in [1.29, 1.82) is 0 Å². The van der Waals surface area contributed by atoms with Crippen molar-refractivity contribution in [2.24, 2.45) is 5.92 Å². The third-order valence-electron chi connectivity index (χ3n) is 4.94. The Morgan fingerprint density at radius 2 is 1.96 bits per heavy atom. The first-order valence-electron chi connectivity index (χ1n) is 8.08. The number of allylic oxidation sites excluding steroid dienone is 1. The first-order valence-corrected chi connectivity index (χ1v) is 8.08. The number of aliphatic hydroxyl groups excluding tert-OH is 4. The summed E-state index contributed by atoms with van der Waals surface area (Å²) in [6, 6.07) is 0. The first-order chi connectivity index (χ1) is 11.2. The molecule has 0 aromatic heterocycles. The second-order valence-corrected chi connectivity index (χ2v) is 6.92. The lowest BCUT2D eigenvalue weighted by atomic mass is 9.79. The van der Waals surface area contributed by atoms with Crippen LogP contribution in [0.1, 0.15) is 33.1 Å². The molecule has 24 heavy (non-hydrogen) atoms. The van der Waals surface area contributed by atoms with E-state index in [1.807, 2.05) is 0 Å². The number of ether oxygens (including phenoxy) is 2. The zero-order valence-electron chi connectivity index (χ0n) is 13.8. The van der Waals surface area contributed by atoms with Crippen molar-refractivity contribution in [2.45, 2.75) is 69.4 Å². The molecule has 0 amide bonds. The van der Waals surface area contributed by atoms with E-state index in [4.69, 9.17) is 14.6 Å². The van der Waals surface area contributed by atoms with Gasteiger partial charge in [0.1, 0.15) is 24.4 Å². The van der Waals surface area contributed by atoms with Crippen LogP contribution >= 0.6 is 0 Å². The summed E-state index contributed by atoms with van der Waals surface area (Å²) in [6.45, 7) is 3.09. The van der Waals surface area contributed by atoms with Crippen LogP contribution in [0.3, 0.4) is 0 Å². The molecule has 2 rings (SSSR count). The Morgan fingerprint density at radius 3 is 2.46 bits per heavy atom. The molecular formula is C16H26O8. The molecule has 1 fully saturated rings. The van der Waals surface area contributed by atoms with Gasteiger partial charge in [0.15, 0.2) is 6.29 Å². The largest absolute Gasteiger partial charge is 0.478 e. The number of carbonyl (C=O) groups is 1. The number of rotatable bonds is 5. The van der Waals surface area contributed by atoms with E-state index in [0.29, 0.717) is 24.8 Å². The SMILES string of the molecule is CC(C)(O[C@@H]1O[C@H](CO)[C@@H](O)[C@H](O)[C@H]1O)C1CC=C(C(=O)O)CC1. The van der Waals surface area contributed by atoms with E-state index in [-0.39, 0.29) is 5.92 Å². The number of carboxylic acid groups (broad SMARTS) is 1. The minimum absolute atomic E-state index is 0.00738. The molecular weight excluding hydrogens is 320 g/mol. The van der Waals surface area contributed by atoms with Gasteiger partial charge in [0.05, 0.1) is 12.2 Å². The molecule has 8 nitrogen and oxygen atoms in total. The monoisotopic (exact) mass is 346 g/mol. The van der Waals surface area contributed by atoms with Gasteiger partial charge in [0.25, 0.3) is 0 Å². The average Bonchev–Trinajstić information content (AvgIpc) is 2.55. The third-order valence-corrected chi connectivity index (χ3v) is 4.94. The maximum atomic E-state index is 11.0. The highest BCUT2D eigenvalue weighted by atomic mass is 16.7. The molecule has 1 aliphatic carbocycles. The Balaban J connectivity index is 2.04. The summed E-state index contributed by atoms with van der Waals surface area (Å²) in [7, 11) is 0. The highest BCUT2D eigenvalue weighted by molar-refractivity contribution is 5.86. The second kappa shape index (κ2) is 7.47. The van der Waals surface area contributed by atoms with Crippen LogP contribution in [0.2, 0.25) is 0 Å². The molecule has 1 aliphatic heterocycles. The lowest BCUT2D eigenvalue weighted by Gasteiger charge is -2.45. The Hall–Kier alpha value is -1.03. The van der Waals surface area contributed by atoms with Crippen molar-refractivity contribution in [1.82, 2.24) is 0 Å². The fourth-order valence-electron chi connectivity index (χ4n) is 3.22. The van der Waals surface area contributed by atoms with Crippen molar-refractivity contribution in [3.05, 3.63) is 11.6 Å². The van der Waals surface area contributed by atoms with Gasteiger partial charge in [0.2, 0.25) is 0 Å². The zero-order valence-corrected chi connectivity index (χ0v) is 13.8. The maximum absolute atomic E-state index is 11.0. The topological polar surface area (TPSA) is 137 Å². The summed E-state index contributed by atoms with van der Waals surface area (Å²) in [5.74, 6) is -0.908. The van der Waals surface area contributed by atoms with Gasteiger partial charge in [-0.1, -0.05) is 6.08 Å². The van der Waals surface area contributed by atoms with Crippen molar-refractivity contribution in [2.75, 3.05) is 6.61 Å². The molecule has 1 saturated heterocycles. The number of carboxylic acids is 1. The summed E-state index contributed by atoms with van der Waals surface area (Å²) in [5, 5.41) is 47.9. The molecule has 6 atom stereocenters. The predicted molar refractivity (Wildman–Crippen MR) is 82.0 cm³/mol. The minimum atomic E-state index is -1.48. The predicted octanol–water partition coefficient (Wildman–Crippen LogP) is -0.607. The highest BCUT2D eigenvalue weighted by Gasteiger charge is 2.47. The first kappa shape index (κ1) is 19.3. The van der Waals surface area contributed by atoms with Crippen LogP contribution < -0.4 is 0 Å². The molecule has 1 unspecified atom stereocenters. The fraction of sp³-hybridized carbons (Fsp3) is 0.812. The number of hydrogen-bond acceptors (Lipinski definition) is 7. The number of aliphatic carboxylic acids is 1. The van der Waals surface area contributed by atoms with E-state index >= 15 is 0 Å². The third kappa shape index (κ3) is 3.96. The van der Waals surface area contributed by atoms with Gasteiger partial charge in [0, 0.05) is 5.57 Å². The molecule has 0 radical (unpaired) electrons. The number of aliphatic hydroxyl groups is 4. The summed E-state index contributed by atoms with van der Waals surface area (Å²) in [5.41, 5.74) is -0.372. The standard InChI is InChI=1S/C16H26O8/c1-16(2,9-5-3-8(4-6-9)14(21)22)24-15-13(20)12(19)11(18)10(7-17)23-15/h3,9-13,15,17-20H,4-7H2,1-2H3,(H,21,22)/t9?,10-,11-,12+,13-,15+/m1/s1. The van der Waals surface area contributed by atoms with Gasteiger partial charge in [-0.05, 0) is 39.0 Å². The van der Waals surface area contributed by atoms with Gasteiger partial charge >= 0.3 is 5.97 Å². The van der Waals surface area contributed by atoms with E-state index in [2.05, 4.69) is 0 Å². The maximum Gasteiger partial charge on any atom is 0.331 e. The molecule has 2 aliphatic rings. The highest BCUT2D eigenvalue weighted by Crippen LogP contribution is 2.36. The van der Waals surface area contributed by atoms with Crippen molar-refractivity contribution in [3.63, 3.8) is 0 Å². The lowest BCUT2D eigenvalue weighted by Crippen LogP contribution is -2.60. The molecule has 0 bridgehead atoms. The second-order valence-electron chi connectivity index (χ2n) is 6.92. The summed E-state index contributed by atoms with van der Waals surface area (Å²) in [4.78, 5) is 11.0. The summed E-state index contributed by atoms with van der Waals surface area (Å²) < 4.78 is 11.2. The van der Waals surface area contributed by atoms with E-state index in [1.165, 1.54) is 0 Å².